The Morgan fingerprint density at radius 3 is 2.57 bits per heavy atom. The predicted octanol–water partition coefficient (Wildman–Crippen LogP) is 1.81. The fourth-order valence-electron chi connectivity index (χ4n) is 3.04. The number of nitrogens with zero attached hydrogens (tertiary/aromatic N) is 3. The molecule has 1 fully saturated rings. The van der Waals surface area contributed by atoms with Gasteiger partial charge >= 0.3 is 6.18 Å². The van der Waals surface area contributed by atoms with E-state index in [1.54, 1.807) is 13.1 Å². The quantitative estimate of drug-likeness (QED) is 0.854. The minimum atomic E-state index is -4.54. The maximum Gasteiger partial charge on any atom is 0.394 e. The number of halogens is 4. The first-order chi connectivity index (χ1) is 10.7. The lowest BCUT2D eigenvalue weighted by atomic mass is 9.95. The number of imidazole rings is 1. The molecule has 9 heteroatoms. The smallest absolute Gasteiger partial charge is 0.369 e. The Morgan fingerprint density at radius 1 is 1.35 bits per heavy atom. The topological polar surface area (TPSA) is 64.2 Å². The second-order valence-electron chi connectivity index (χ2n) is 5.64. The van der Waals surface area contributed by atoms with Crippen LogP contribution in [0.3, 0.4) is 0 Å². The minimum Gasteiger partial charge on any atom is -0.369 e. The number of carbonyl (C=O) groups excluding carboxylic acids is 1. The van der Waals surface area contributed by atoms with E-state index in [0.29, 0.717) is 5.52 Å². The van der Waals surface area contributed by atoms with Crippen LogP contribution >= 0.6 is 0 Å². The molecule has 124 valence electrons. The van der Waals surface area contributed by atoms with E-state index in [0.717, 1.165) is 0 Å². The molecule has 2 N–H and O–H groups in total. The summed E-state index contributed by atoms with van der Waals surface area (Å²) in [6, 6.07) is 4.35. The summed E-state index contributed by atoms with van der Waals surface area (Å²) in [5.74, 6) is -4.57. The highest BCUT2D eigenvalue weighted by molar-refractivity contribution is 5.81. The van der Waals surface area contributed by atoms with Gasteiger partial charge in [-0.05, 0) is 12.1 Å². The van der Waals surface area contributed by atoms with Gasteiger partial charge in [0, 0.05) is 20.1 Å². The van der Waals surface area contributed by atoms with Crippen molar-refractivity contribution in [3.05, 3.63) is 24.0 Å². The average molecular weight is 330 g/mol. The number of alkyl halides is 3. The average Bonchev–Trinajstić information content (AvgIpc) is 3.02. The molecule has 0 spiro atoms. The molecule has 2 heterocycles. The predicted molar refractivity (Wildman–Crippen MR) is 75.1 cm³/mol. The molecular weight excluding hydrogens is 316 g/mol. The van der Waals surface area contributed by atoms with Crippen molar-refractivity contribution in [1.82, 2.24) is 9.55 Å². The SMILES string of the molecule is Cn1c(N2C[C@@H](C(F)(F)F)[C@H](C(N)=O)C2)nc2c(F)cccc21. The van der Waals surface area contributed by atoms with Gasteiger partial charge in [-0.15, -0.1) is 0 Å². The molecule has 1 aliphatic heterocycles. The molecule has 0 saturated carbocycles. The minimum absolute atomic E-state index is 0.0797. The third-order valence-electron chi connectivity index (χ3n) is 4.23. The van der Waals surface area contributed by atoms with Gasteiger partial charge in [0.15, 0.2) is 5.82 Å². The molecule has 1 aliphatic rings. The van der Waals surface area contributed by atoms with Crippen LogP contribution in [0, 0.1) is 17.7 Å². The zero-order chi connectivity index (χ0) is 16.9. The van der Waals surface area contributed by atoms with E-state index in [9.17, 15) is 22.4 Å². The first-order valence-electron chi connectivity index (χ1n) is 6.92. The molecule has 2 atom stereocenters. The standard InChI is InChI=1S/C14H14F4N4O/c1-21-10-4-2-3-9(15)11(10)20-13(21)22-5-7(12(19)23)8(6-22)14(16,17)18/h2-4,7-8H,5-6H2,1H3,(H2,19,23)/t7-,8-/m1/s1. The van der Waals surface area contributed by atoms with Crippen molar-refractivity contribution in [3.8, 4) is 0 Å². The van der Waals surface area contributed by atoms with E-state index in [2.05, 4.69) is 4.98 Å². The summed E-state index contributed by atoms with van der Waals surface area (Å²) in [5.41, 5.74) is 5.65. The number of hydrogen-bond donors (Lipinski definition) is 1. The number of para-hydroxylation sites is 1. The first kappa shape index (κ1) is 15.6. The van der Waals surface area contributed by atoms with E-state index >= 15 is 0 Å². The number of anilines is 1. The normalized spacial score (nSPS) is 22.0. The fraction of sp³-hybridized carbons (Fsp3) is 0.429. The lowest BCUT2D eigenvalue weighted by Crippen LogP contribution is -2.37. The van der Waals surface area contributed by atoms with Gasteiger partial charge in [0.25, 0.3) is 0 Å². The summed E-state index contributed by atoms with van der Waals surface area (Å²) in [7, 11) is 1.59. The van der Waals surface area contributed by atoms with Crippen molar-refractivity contribution < 1.29 is 22.4 Å². The highest BCUT2D eigenvalue weighted by Gasteiger charge is 2.52. The molecule has 2 aromatic rings. The Balaban J connectivity index is 2.02. The van der Waals surface area contributed by atoms with Crippen molar-refractivity contribution in [2.24, 2.45) is 24.6 Å². The van der Waals surface area contributed by atoms with Crippen molar-refractivity contribution >= 4 is 22.9 Å². The Bertz CT molecular complexity index is 770. The third kappa shape index (κ3) is 2.49. The summed E-state index contributed by atoms with van der Waals surface area (Å²) >= 11 is 0. The Hall–Kier alpha value is -2.32. The van der Waals surface area contributed by atoms with Crippen LogP contribution in [0.5, 0.6) is 0 Å². The molecule has 1 aromatic heterocycles. The monoisotopic (exact) mass is 330 g/mol. The summed E-state index contributed by atoms with van der Waals surface area (Å²) in [6.45, 7) is -0.631. The Kier molecular flexibility index (Phi) is 3.46. The van der Waals surface area contributed by atoms with Gasteiger partial charge in [0.05, 0.1) is 17.4 Å². The van der Waals surface area contributed by atoms with Gasteiger partial charge in [-0.25, -0.2) is 9.37 Å². The van der Waals surface area contributed by atoms with Crippen molar-refractivity contribution in [1.29, 1.82) is 0 Å². The number of rotatable bonds is 2. The number of hydrogen-bond acceptors (Lipinski definition) is 3. The molecule has 0 bridgehead atoms. The van der Waals surface area contributed by atoms with Crippen LogP contribution in [0.1, 0.15) is 0 Å². The maximum absolute atomic E-state index is 13.8. The molecule has 0 unspecified atom stereocenters. The van der Waals surface area contributed by atoms with Crippen LogP contribution in [0.25, 0.3) is 11.0 Å². The van der Waals surface area contributed by atoms with E-state index in [1.807, 2.05) is 0 Å². The molecule has 3 rings (SSSR count). The number of nitrogens with two attached hydrogens (primary N) is 1. The number of fused-ring (bicyclic) bond motifs is 1. The van der Waals surface area contributed by atoms with Crippen LogP contribution < -0.4 is 10.6 Å². The van der Waals surface area contributed by atoms with Crippen LogP contribution in [0.4, 0.5) is 23.5 Å². The van der Waals surface area contributed by atoms with Crippen LogP contribution in [-0.4, -0.2) is 34.7 Å². The second-order valence-corrected chi connectivity index (χ2v) is 5.64. The van der Waals surface area contributed by atoms with Gasteiger partial charge in [0.1, 0.15) is 5.52 Å². The van der Waals surface area contributed by atoms with Gasteiger partial charge in [-0.1, -0.05) is 6.07 Å². The second kappa shape index (κ2) is 5.10. The molecule has 0 aliphatic carbocycles. The van der Waals surface area contributed by atoms with Gasteiger partial charge in [-0.2, -0.15) is 13.2 Å². The largest absolute Gasteiger partial charge is 0.394 e. The number of benzene rings is 1. The van der Waals surface area contributed by atoms with Gasteiger partial charge in [-0.3, -0.25) is 4.79 Å². The Labute approximate surface area is 128 Å². The zero-order valence-electron chi connectivity index (χ0n) is 12.1. The zero-order valence-corrected chi connectivity index (χ0v) is 12.1. The molecular formula is C14H14F4N4O. The van der Waals surface area contributed by atoms with Crippen LogP contribution in [-0.2, 0) is 11.8 Å². The van der Waals surface area contributed by atoms with Crippen molar-refractivity contribution in [3.63, 3.8) is 0 Å². The van der Waals surface area contributed by atoms with Crippen LogP contribution in [0.2, 0.25) is 0 Å². The van der Waals surface area contributed by atoms with Crippen molar-refractivity contribution in [2.75, 3.05) is 18.0 Å². The highest BCUT2D eigenvalue weighted by Crippen LogP contribution is 2.39. The van der Waals surface area contributed by atoms with Gasteiger partial charge < -0.3 is 15.2 Å². The lowest BCUT2D eigenvalue weighted by molar-refractivity contribution is -0.181. The lowest BCUT2D eigenvalue weighted by Gasteiger charge is -2.19. The molecule has 1 amide bonds. The number of primary amides is 1. The Morgan fingerprint density at radius 2 is 2.04 bits per heavy atom. The summed E-state index contributed by atoms with van der Waals surface area (Å²) in [5, 5.41) is 0. The summed E-state index contributed by atoms with van der Waals surface area (Å²) in [6.07, 6.45) is -4.54. The number of amides is 1. The van der Waals surface area contributed by atoms with Crippen LogP contribution in [0.15, 0.2) is 18.2 Å². The van der Waals surface area contributed by atoms with E-state index < -0.39 is 36.3 Å². The van der Waals surface area contributed by atoms with Crippen molar-refractivity contribution in [2.45, 2.75) is 6.18 Å². The maximum atomic E-state index is 13.8. The summed E-state index contributed by atoms with van der Waals surface area (Å²) in [4.78, 5) is 16.8. The van der Waals surface area contributed by atoms with E-state index in [-0.39, 0.29) is 18.0 Å². The first-order valence-corrected chi connectivity index (χ1v) is 6.92. The molecule has 23 heavy (non-hydrogen) atoms. The number of carbonyl (C=O) groups is 1. The number of aryl methyl sites for hydroxylation is 1. The number of aromatic nitrogens is 2. The molecule has 0 radical (unpaired) electrons. The molecule has 5 nitrogen and oxygen atoms in total. The van der Waals surface area contributed by atoms with E-state index in [1.165, 1.54) is 21.6 Å². The fourth-order valence-corrected chi connectivity index (χ4v) is 3.04. The molecule has 1 saturated heterocycles. The highest BCUT2D eigenvalue weighted by atomic mass is 19.4. The van der Waals surface area contributed by atoms with Gasteiger partial charge in [0.2, 0.25) is 11.9 Å². The molecule has 1 aromatic carbocycles. The van der Waals surface area contributed by atoms with E-state index in [4.69, 9.17) is 5.73 Å². The summed E-state index contributed by atoms with van der Waals surface area (Å²) < 4.78 is 54.6. The third-order valence-corrected chi connectivity index (χ3v) is 4.23.